The Morgan fingerprint density at radius 3 is 2.75 bits per heavy atom. The molecule has 0 amide bonds. The Balaban J connectivity index is 1.95. The van der Waals surface area contributed by atoms with E-state index in [1.807, 2.05) is 24.3 Å². The second kappa shape index (κ2) is 6.48. The molecule has 2 rings (SSSR count). The van der Waals surface area contributed by atoms with Gasteiger partial charge in [-0.1, -0.05) is 25.1 Å². The number of alkyl halides is 3. The molecule has 1 saturated heterocycles. The zero-order valence-corrected chi connectivity index (χ0v) is 11.5. The summed E-state index contributed by atoms with van der Waals surface area (Å²) in [5.74, 6) is -0.0977. The Kier molecular flexibility index (Phi) is 4.91. The van der Waals surface area contributed by atoms with Crippen LogP contribution >= 0.6 is 0 Å². The van der Waals surface area contributed by atoms with Gasteiger partial charge in [0.25, 0.3) is 0 Å². The fourth-order valence-electron chi connectivity index (χ4n) is 2.55. The molecule has 1 N–H and O–H groups in total. The molecule has 20 heavy (non-hydrogen) atoms. The lowest BCUT2D eigenvalue weighted by Crippen LogP contribution is -2.20. The fourth-order valence-corrected chi connectivity index (χ4v) is 2.55. The molecule has 2 nitrogen and oxygen atoms in total. The number of anilines is 1. The minimum Gasteiger partial charge on any atom is -0.385 e. The lowest BCUT2D eigenvalue weighted by atomic mass is 9.96. The molecule has 0 saturated carbocycles. The first kappa shape index (κ1) is 15.2. The highest BCUT2D eigenvalue weighted by Crippen LogP contribution is 2.31. The molecular weight excluding hydrogens is 267 g/mol. The van der Waals surface area contributed by atoms with Crippen LogP contribution in [0.5, 0.6) is 0 Å². The number of nitrogens with one attached hydrogen (secondary N) is 1. The van der Waals surface area contributed by atoms with E-state index >= 15 is 0 Å². The fraction of sp³-hybridized carbons (Fsp3) is 0.600. The normalized spacial score (nSPS) is 20.9. The van der Waals surface area contributed by atoms with Crippen molar-refractivity contribution in [1.29, 1.82) is 0 Å². The summed E-state index contributed by atoms with van der Waals surface area (Å²) < 4.78 is 42.3. The van der Waals surface area contributed by atoms with Gasteiger partial charge >= 0.3 is 6.18 Å². The van der Waals surface area contributed by atoms with Gasteiger partial charge in [-0.2, -0.15) is 13.2 Å². The molecule has 0 aromatic heterocycles. The van der Waals surface area contributed by atoms with Crippen LogP contribution < -0.4 is 5.32 Å². The first-order valence-electron chi connectivity index (χ1n) is 6.93. The molecule has 0 bridgehead atoms. The van der Waals surface area contributed by atoms with Crippen LogP contribution in [0, 0.1) is 5.92 Å². The predicted octanol–water partition coefficient (Wildman–Crippen LogP) is 4.19. The molecule has 0 spiro atoms. The van der Waals surface area contributed by atoms with Gasteiger partial charge in [-0.25, -0.2) is 0 Å². The van der Waals surface area contributed by atoms with Crippen LogP contribution in [0.15, 0.2) is 24.3 Å². The molecule has 0 aliphatic carbocycles. The van der Waals surface area contributed by atoms with Crippen LogP contribution in [-0.4, -0.2) is 25.9 Å². The first-order valence-corrected chi connectivity index (χ1v) is 6.93. The Bertz CT molecular complexity index is 427. The van der Waals surface area contributed by atoms with Crippen molar-refractivity contribution in [1.82, 2.24) is 0 Å². The molecule has 1 aliphatic heterocycles. The van der Waals surface area contributed by atoms with Gasteiger partial charge < -0.3 is 10.1 Å². The van der Waals surface area contributed by atoms with Crippen molar-refractivity contribution >= 4 is 5.69 Å². The number of para-hydroxylation sites is 1. The molecule has 1 aromatic rings. The molecular formula is C15H20F3NO. The van der Waals surface area contributed by atoms with E-state index in [0.29, 0.717) is 19.1 Å². The van der Waals surface area contributed by atoms with Crippen molar-refractivity contribution in [2.45, 2.75) is 31.9 Å². The van der Waals surface area contributed by atoms with Gasteiger partial charge in [0, 0.05) is 31.2 Å². The summed E-state index contributed by atoms with van der Waals surface area (Å²) in [4.78, 5) is 0. The maximum absolute atomic E-state index is 12.3. The Morgan fingerprint density at radius 1 is 1.35 bits per heavy atom. The van der Waals surface area contributed by atoms with Gasteiger partial charge in [0.2, 0.25) is 0 Å². The van der Waals surface area contributed by atoms with E-state index in [2.05, 4.69) is 5.32 Å². The number of halogens is 3. The van der Waals surface area contributed by atoms with Gasteiger partial charge in [-0.3, -0.25) is 0 Å². The van der Waals surface area contributed by atoms with Crippen molar-refractivity contribution < 1.29 is 17.9 Å². The number of benzene rings is 1. The molecule has 1 heterocycles. The van der Waals surface area contributed by atoms with Crippen molar-refractivity contribution in [2.75, 3.05) is 25.1 Å². The topological polar surface area (TPSA) is 21.3 Å². The van der Waals surface area contributed by atoms with Crippen LogP contribution in [0.25, 0.3) is 0 Å². The highest BCUT2D eigenvalue weighted by atomic mass is 19.4. The monoisotopic (exact) mass is 287 g/mol. The standard InChI is InChI=1S/C15H20F3NO/c1-11(8-15(16,17)18)9-19-14-5-3-2-4-13(14)12-6-7-20-10-12/h2-5,11-12,19H,6-10H2,1H3. The third-order valence-corrected chi connectivity index (χ3v) is 3.55. The summed E-state index contributed by atoms with van der Waals surface area (Å²) in [6, 6.07) is 7.80. The third-order valence-electron chi connectivity index (χ3n) is 3.55. The Morgan fingerprint density at radius 2 is 2.10 bits per heavy atom. The highest BCUT2D eigenvalue weighted by Gasteiger charge is 2.30. The lowest BCUT2D eigenvalue weighted by Gasteiger charge is -2.19. The minimum atomic E-state index is -4.10. The van der Waals surface area contributed by atoms with Crippen molar-refractivity contribution in [3.8, 4) is 0 Å². The van der Waals surface area contributed by atoms with Crippen LogP contribution in [0.4, 0.5) is 18.9 Å². The summed E-state index contributed by atoms with van der Waals surface area (Å²) in [5.41, 5.74) is 2.07. The summed E-state index contributed by atoms with van der Waals surface area (Å²) in [5, 5.41) is 3.16. The maximum Gasteiger partial charge on any atom is 0.389 e. The third kappa shape index (κ3) is 4.40. The summed E-state index contributed by atoms with van der Waals surface area (Å²) in [7, 11) is 0. The Labute approximate surface area is 117 Å². The molecule has 1 aromatic carbocycles. The van der Waals surface area contributed by atoms with Gasteiger partial charge in [-0.05, 0) is 24.0 Å². The van der Waals surface area contributed by atoms with Crippen LogP contribution in [-0.2, 0) is 4.74 Å². The zero-order valence-electron chi connectivity index (χ0n) is 11.5. The molecule has 0 radical (unpaired) electrons. The quantitative estimate of drug-likeness (QED) is 0.876. The molecule has 112 valence electrons. The van der Waals surface area contributed by atoms with Crippen LogP contribution in [0.2, 0.25) is 0 Å². The average Bonchev–Trinajstić information content (AvgIpc) is 2.88. The van der Waals surface area contributed by atoms with Gasteiger partial charge in [-0.15, -0.1) is 0 Å². The molecule has 2 unspecified atom stereocenters. The summed E-state index contributed by atoms with van der Waals surface area (Å²) in [6.45, 7) is 3.38. The zero-order chi connectivity index (χ0) is 14.6. The number of rotatable bonds is 5. The average molecular weight is 287 g/mol. The van der Waals surface area contributed by atoms with E-state index in [1.54, 1.807) is 6.92 Å². The summed E-state index contributed by atoms with van der Waals surface area (Å²) >= 11 is 0. The van der Waals surface area contributed by atoms with Crippen LogP contribution in [0.1, 0.15) is 31.2 Å². The number of hydrogen-bond donors (Lipinski definition) is 1. The SMILES string of the molecule is CC(CNc1ccccc1C1CCOC1)CC(F)(F)F. The summed E-state index contributed by atoms with van der Waals surface area (Å²) in [6.07, 6.45) is -3.88. The van der Waals surface area contributed by atoms with E-state index in [-0.39, 0.29) is 0 Å². The van der Waals surface area contributed by atoms with Crippen molar-refractivity contribution in [2.24, 2.45) is 5.92 Å². The smallest absolute Gasteiger partial charge is 0.385 e. The molecule has 2 atom stereocenters. The second-order valence-electron chi connectivity index (χ2n) is 5.45. The van der Waals surface area contributed by atoms with Gasteiger partial charge in [0.1, 0.15) is 0 Å². The molecule has 5 heteroatoms. The van der Waals surface area contributed by atoms with Gasteiger partial charge in [0.05, 0.1) is 6.61 Å². The van der Waals surface area contributed by atoms with Crippen molar-refractivity contribution in [3.05, 3.63) is 29.8 Å². The molecule has 1 fully saturated rings. The van der Waals surface area contributed by atoms with E-state index in [1.165, 1.54) is 0 Å². The van der Waals surface area contributed by atoms with E-state index in [4.69, 9.17) is 4.74 Å². The number of hydrogen-bond acceptors (Lipinski definition) is 2. The van der Waals surface area contributed by atoms with E-state index in [0.717, 1.165) is 24.3 Å². The largest absolute Gasteiger partial charge is 0.389 e. The van der Waals surface area contributed by atoms with E-state index in [9.17, 15) is 13.2 Å². The maximum atomic E-state index is 12.3. The van der Waals surface area contributed by atoms with Crippen LogP contribution in [0.3, 0.4) is 0 Å². The van der Waals surface area contributed by atoms with E-state index < -0.39 is 18.5 Å². The lowest BCUT2D eigenvalue weighted by molar-refractivity contribution is -0.142. The van der Waals surface area contributed by atoms with Gasteiger partial charge in [0.15, 0.2) is 0 Å². The molecule has 1 aliphatic rings. The highest BCUT2D eigenvalue weighted by molar-refractivity contribution is 5.53. The Hall–Kier alpha value is -1.23. The second-order valence-corrected chi connectivity index (χ2v) is 5.45. The number of ether oxygens (including phenoxy) is 1. The van der Waals surface area contributed by atoms with Crippen molar-refractivity contribution in [3.63, 3.8) is 0 Å². The minimum absolute atomic E-state index is 0.324. The first-order chi connectivity index (χ1) is 9.46. The predicted molar refractivity (Wildman–Crippen MR) is 72.9 cm³/mol.